The first-order chi connectivity index (χ1) is 9.86. The second kappa shape index (κ2) is 8.06. The van der Waals surface area contributed by atoms with Crippen molar-refractivity contribution < 1.29 is 22.3 Å². The molecule has 0 spiro atoms. The zero-order valence-corrected chi connectivity index (χ0v) is 12.6. The minimum absolute atomic E-state index is 0.240. The van der Waals surface area contributed by atoms with E-state index in [1.165, 1.54) is 0 Å². The maximum Gasteiger partial charge on any atom is 0.254 e. The van der Waals surface area contributed by atoms with Crippen LogP contribution in [0.15, 0.2) is 23.1 Å². The van der Waals surface area contributed by atoms with Gasteiger partial charge >= 0.3 is 0 Å². The second-order valence-electron chi connectivity index (χ2n) is 4.41. The van der Waals surface area contributed by atoms with Gasteiger partial charge in [0.25, 0.3) is 5.91 Å². The van der Waals surface area contributed by atoms with E-state index in [1.807, 2.05) is 6.92 Å². The van der Waals surface area contributed by atoms with Gasteiger partial charge in [-0.3, -0.25) is 4.79 Å². The molecule has 0 aliphatic heterocycles. The molecule has 6 nitrogen and oxygen atoms in total. The van der Waals surface area contributed by atoms with Crippen LogP contribution in [0.25, 0.3) is 0 Å². The number of hydrogen-bond acceptors (Lipinski definition) is 4. The fraction of sp³-hybridized carbons (Fsp3) is 0.462. The van der Waals surface area contributed by atoms with Crippen LogP contribution in [-0.2, 0) is 14.8 Å². The number of rotatable bonds is 8. The fourth-order valence-corrected chi connectivity index (χ4v) is 2.06. The van der Waals surface area contributed by atoms with Crippen LogP contribution in [0.1, 0.15) is 30.1 Å². The lowest BCUT2D eigenvalue weighted by molar-refractivity contribution is 0.0909. The van der Waals surface area contributed by atoms with Gasteiger partial charge in [-0.2, -0.15) is 0 Å². The number of unbranched alkanes of at least 4 members (excludes halogenated alkanes) is 1. The molecule has 118 valence electrons. The molecule has 0 heterocycles. The smallest absolute Gasteiger partial charge is 0.254 e. The molecular weight excluding hydrogens is 299 g/mol. The predicted octanol–water partition coefficient (Wildman–Crippen LogP) is 1.02. The summed E-state index contributed by atoms with van der Waals surface area (Å²) in [6.07, 6.45) is 1.96. The first kappa shape index (κ1) is 17.5. The highest BCUT2D eigenvalue weighted by atomic mass is 32.2. The van der Waals surface area contributed by atoms with Crippen LogP contribution in [0.2, 0.25) is 0 Å². The van der Waals surface area contributed by atoms with E-state index in [1.54, 1.807) is 0 Å². The predicted molar refractivity (Wildman–Crippen MR) is 75.8 cm³/mol. The largest absolute Gasteiger partial charge is 0.380 e. The normalized spacial score (nSPS) is 11.4. The summed E-state index contributed by atoms with van der Waals surface area (Å²) in [7, 11) is -3.99. The summed E-state index contributed by atoms with van der Waals surface area (Å²) < 4.78 is 41.1. The molecule has 0 saturated heterocycles. The number of carbonyl (C=O) groups excluding carboxylic acids is 1. The highest BCUT2D eigenvalue weighted by Crippen LogP contribution is 2.13. The zero-order valence-electron chi connectivity index (χ0n) is 11.8. The lowest BCUT2D eigenvalue weighted by Crippen LogP contribution is -2.28. The topological polar surface area (TPSA) is 98.5 Å². The maximum absolute atomic E-state index is 13.7. The Morgan fingerprint density at radius 2 is 2.10 bits per heavy atom. The van der Waals surface area contributed by atoms with Crippen LogP contribution in [0.3, 0.4) is 0 Å². The highest BCUT2D eigenvalue weighted by Gasteiger charge is 2.15. The molecule has 21 heavy (non-hydrogen) atoms. The minimum atomic E-state index is -3.99. The van der Waals surface area contributed by atoms with Crippen molar-refractivity contribution in [2.45, 2.75) is 24.7 Å². The molecule has 0 saturated carbocycles. The number of nitrogens with two attached hydrogens (primary N) is 1. The molecule has 1 aromatic carbocycles. The van der Waals surface area contributed by atoms with E-state index in [-0.39, 0.29) is 17.0 Å². The Labute approximate surface area is 123 Å². The molecular formula is C13H19FN2O4S. The molecule has 3 N–H and O–H groups in total. The zero-order chi connectivity index (χ0) is 15.9. The Bertz CT molecular complexity index is 590. The highest BCUT2D eigenvalue weighted by molar-refractivity contribution is 7.89. The number of sulfonamides is 1. The summed E-state index contributed by atoms with van der Waals surface area (Å²) in [4.78, 5) is 11.4. The van der Waals surface area contributed by atoms with Crippen molar-refractivity contribution >= 4 is 15.9 Å². The molecule has 0 unspecified atom stereocenters. The first-order valence-corrected chi connectivity index (χ1v) is 8.09. The molecule has 0 aliphatic carbocycles. The lowest BCUT2D eigenvalue weighted by Gasteiger charge is -2.07. The molecule has 0 radical (unpaired) electrons. The molecule has 1 aromatic rings. The number of hydrogen-bond donors (Lipinski definition) is 2. The van der Waals surface area contributed by atoms with Crippen molar-refractivity contribution in [1.82, 2.24) is 5.32 Å². The van der Waals surface area contributed by atoms with Gasteiger partial charge in [-0.1, -0.05) is 13.3 Å². The van der Waals surface area contributed by atoms with E-state index < -0.39 is 21.7 Å². The molecule has 1 amide bonds. The van der Waals surface area contributed by atoms with Gasteiger partial charge in [-0.15, -0.1) is 0 Å². The summed E-state index contributed by atoms with van der Waals surface area (Å²) >= 11 is 0. The van der Waals surface area contributed by atoms with Gasteiger partial charge in [0, 0.05) is 13.2 Å². The third-order valence-electron chi connectivity index (χ3n) is 2.69. The van der Waals surface area contributed by atoms with Crippen LogP contribution in [0.4, 0.5) is 4.39 Å². The molecule has 0 atom stereocenters. The van der Waals surface area contributed by atoms with Gasteiger partial charge in [0.05, 0.1) is 17.1 Å². The van der Waals surface area contributed by atoms with E-state index in [0.29, 0.717) is 13.2 Å². The number of amides is 1. The Kier molecular flexibility index (Phi) is 6.73. The summed E-state index contributed by atoms with van der Waals surface area (Å²) in [5.74, 6) is -1.57. The van der Waals surface area contributed by atoms with Gasteiger partial charge in [-0.05, 0) is 24.6 Å². The fourth-order valence-electron chi connectivity index (χ4n) is 1.54. The van der Waals surface area contributed by atoms with Crippen molar-refractivity contribution in [2.24, 2.45) is 5.14 Å². The Hall–Kier alpha value is -1.51. The number of primary sulfonamides is 1. The van der Waals surface area contributed by atoms with Crippen LogP contribution < -0.4 is 10.5 Å². The van der Waals surface area contributed by atoms with E-state index in [4.69, 9.17) is 9.88 Å². The first-order valence-electron chi connectivity index (χ1n) is 6.54. The Morgan fingerprint density at radius 1 is 1.38 bits per heavy atom. The standard InChI is InChI=1S/C13H19FN2O4S/c1-2-3-7-20-8-6-16-13(17)11-5-4-10(9-12(11)14)21(15,18)19/h4-5,9H,2-3,6-8H2,1H3,(H,16,17)(H2,15,18,19). The third-order valence-corrected chi connectivity index (χ3v) is 3.60. The monoisotopic (exact) mass is 318 g/mol. The number of halogens is 1. The quantitative estimate of drug-likeness (QED) is 0.699. The van der Waals surface area contributed by atoms with Gasteiger partial charge < -0.3 is 10.1 Å². The van der Waals surface area contributed by atoms with Crippen molar-refractivity contribution in [1.29, 1.82) is 0 Å². The van der Waals surface area contributed by atoms with Crippen LogP contribution >= 0.6 is 0 Å². The van der Waals surface area contributed by atoms with Crippen LogP contribution in [-0.4, -0.2) is 34.1 Å². The van der Waals surface area contributed by atoms with Gasteiger partial charge in [-0.25, -0.2) is 17.9 Å². The SMILES string of the molecule is CCCCOCCNC(=O)c1ccc(S(N)(=O)=O)cc1F. The van der Waals surface area contributed by atoms with E-state index in [2.05, 4.69) is 5.32 Å². The second-order valence-corrected chi connectivity index (χ2v) is 5.97. The number of ether oxygens (including phenoxy) is 1. The number of carbonyl (C=O) groups is 1. The summed E-state index contributed by atoms with van der Waals surface area (Å²) in [6.45, 7) is 3.24. The summed E-state index contributed by atoms with van der Waals surface area (Å²) in [6, 6.07) is 2.90. The Balaban J connectivity index is 2.55. The lowest BCUT2D eigenvalue weighted by atomic mass is 10.2. The summed E-state index contributed by atoms with van der Waals surface area (Å²) in [5, 5.41) is 7.37. The van der Waals surface area contributed by atoms with Crippen molar-refractivity contribution in [3.05, 3.63) is 29.6 Å². The van der Waals surface area contributed by atoms with Crippen LogP contribution in [0.5, 0.6) is 0 Å². The third kappa shape index (κ3) is 5.78. The number of nitrogens with one attached hydrogen (secondary N) is 1. The molecule has 0 bridgehead atoms. The average molecular weight is 318 g/mol. The van der Waals surface area contributed by atoms with Crippen molar-refractivity contribution in [2.75, 3.05) is 19.8 Å². The molecule has 0 fully saturated rings. The van der Waals surface area contributed by atoms with Gasteiger partial charge in [0.15, 0.2) is 0 Å². The molecule has 8 heteroatoms. The van der Waals surface area contributed by atoms with Gasteiger partial charge in [0.2, 0.25) is 10.0 Å². The Morgan fingerprint density at radius 3 is 2.67 bits per heavy atom. The summed E-state index contributed by atoms with van der Waals surface area (Å²) in [5.41, 5.74) is -0.240. The maximum atomic E-state index is 13.7. The van der Waals surface area contributed by atoms with Crippen molar-refractivity contribution in [3.8, 4) is 0 Å². The molecule has 0 aliphatic rings. The van der Waals surface area contributed by atoms with Gasteiger partial charge in [0.1, 0.15) is 5.82 Å². The number of benzene rings is 1. The minimum Gasteiger partial charge on any atom is -0.380 e. The molecule has 1 rings (SSSR count). The van der Waals surface area contributed by atoms with E-state index in [9.17, 15) is 17.6 Å². The van der Waals surface area contributed by atoms with Crippen molar-refractivity contribution in [3.63, 3.8) is 0 Å². The average Bonchev–Trinajstić information content (AvgIpc) is 2.41. The van der Waals surface area contributed by atoms with E-state index >= 15 is 0 Å². The van der Waals surface area contributed by atoms with E-state index in [0.717, 1.165) is 31.0 Å². The molecule has 0 aromatic heterocycles. The van der Waals surface area contributed by atoms with Crippen LogP contribution in [0, 0.1) is 5.82 Å².